The van der Waals surface area contributed by atoms with E-state index in [1.165, 1.54) is 37.4 Å². The summed E-state index contributed by atoms with van der Waals surface area (Å²) in [5.41, 5.74) is 4.44. The molecule has 2 aliphatic heterocycles. The quantitative estimate of drug-likeness (QED) is 0.654. The Kier molecular flexibility index (Phi) is 7.16. The maximum atomic E-state index is 12.8. The number of amides is 1. The van der Waals surface area contributed by atoms with Crippen LogP contribution in [-0.4, -0.2) is 36.3 Å². The van der Waals surface area contributed by atoms with E-state index in [0.717, 1.165) is 25.1 Å². The lowest BCUT2D eigenvalue weighted by Gasteiger charge is -2.32. The van der Waals surface area contributed by atoms with Gasteiger partial charge in [-0.25, -0.2) is 0 Å². The Balaban J connectivity index is 0.00000256. The predicted octanol–water partition coefficient (Wildman–Crippen LogP) is 5.05. The number of benzene rings is 2. The van der Waals surface area contributed by atoms with Gasteiger partial charge in [-0.3, -0.25) is 14.5 Å². The monoisotopic (exact) mass is 428 g/mol. The minimum atomic E-state index is -0.214. The molecular weight excluding hydrogens is 400 g/mol. The van der Waals surface area contributed by atoms with Crippen molar-refractivity contribution in [3.05, 3.63) is 58.7 Å². The maximum absolute atomic E-state index is 12.8. The van der Waals surface area contributed by atoms with E-state index in [2.05, 4.69) is 22.3 Å². The molecule has 6 heteroatoms. The number of ketones is 1. The van der Waals surface area contributed by atoms with E-state index in [1.54, 1.807) is 18.2 Å². The Bertz CT molecular complexity index is 944. The zero-order valence-electron chi connectivity index (χ0n) is 17.6. The van der Waals surface area contributed by atoms with Gasteiger partial charge in [0.1, 0.15) is 5.75 Å². The zero-order chi connectivity index (χ0) is 20.4. The second kappa shape index (κ2) is 9.63. The maximum Gasteiger partial charge on any atom is 0.255 e. The van der Waals surface area contributed by atoms with Gasteiger partial charge in [0.2, 0.25) is 0 Å². The normalized spacial score (nSPS) is 17.5. The van der Waals surface area contributed by atoms with Crippen LogP contribution in [0.5, 0.6) is 5.75 Å². The molecule has 0 bridgehead atoms. The van der Waals surface area contributed by atoms with E-state index in [0.29, 0.717) is 29.5 Å². The third kappa shape index (κ3) is 4.52. The van der Waals surface area contributed by atoms with Gasteiger partial charge in [0.05, 0.1) is 12.2 Å². The van der Waals surface area contributed by atoms with Crippen LogP contribution < -0.4 is 10.1 Å². The van der Waals surface area contributed by atoms with Crippen molar-refractivity contribution in [1.82, 2.24) is 4.90 Å². The second-order valence-corrected chi connectivity index (χ2v) is 7.93. The number of Topliss-reactive ketones (excluding diaryl/α,β-unsaturated/α-hetero) is 1. The minimum Gasteiger partial charge on any atom is -0.493 e. The molecule has 1 amide bonds. The van der Waals surface area contributed by atoms with Gasteiger partial charge in [-0.15, -0.1) is 12.4 Å². The average Bonchev–Trinajstić information content (AvgIpc) is 3.21. The first-order valence-corrected chi connectivity index (χ1v) is 10.5. The molecule has 1 fully saturated rings. The van der Waals surface area contributed by atoms with Crippen molar-refractivity contribution in [1.29, 1.82) is 0 Å². The molecule has 30 heavy (non-hydrogen) atoms. The number of carbonyl (C=O) groups is 2. The minimum absolute atomic E-state index is 0. The number of carbonyl (C=O) groups excluding carboxylic acids is 2. The van der Waals surface area contributed by atoms with Crippen LogP contribution in [-0.2, 0) is 6.42 Å². The van der Waals surface area contributed by atoms with Gasteiger partial charge in [0.15, 0.2) is 5.78 Å². The molecule has 2 aromatic rings. The summed E-state index contributed by atoms with van der Waals surface area (Å²) in [5.74, 6) is 0.209. The second-order valence-electron chi connectivity index (χ2n) is 7.93. The Morgan fingerprint density at radius 1 is 1.17 bits per heavy atom. The summed E-state index contributed by atoms with van der Waals surface area (Å²) in [7, 11) is 0. The van der Waals surface area contributed by atoms with Crippen LogP contribution in [0.3, 0.4) is 0 Å². The molecule has 4 rings (SSSR count). The first-order chi connectivity index (χ1) is 14.1. The van der Waals surface area contributed by atoms with Crippen molar-refractivity contribution in [2.75, 3.05) is 25.0 Å². The fourth-order valence-corrected chi connectivity index (χ4v) is 4.41. The highest BCUT2D eigenvalue weighted by Crippen LogP contribution is 2.38. The third-order valence-corrected chi connectivity index (χ3v) is 5.88. The van der Waals surface area contributed by atoms with Crippen molar-refractivity contribution in [2.24, 2.45) is 0 Å². The van der Waals surface area contributed by atoms with Gasteiger partial charge in [-0.1, -0.05) is 13.0 Å². The summed E-state index contributed by atoms with van der Waals surface area (Å²) in [6, 6.07) is 11.8. The van der Waals surface area contributed by atoms with Gasteiger partial charge in [0.25, 0.3) is 5.91 Å². The van der Waals surface area contributed by atoms with Crippen molar-refractivity contribution in [2.45, 2.75) is 45.6 Å². The van der Waals surface area contributed by atoms with E-state index in [4.69, 9.17) is 4.74 Å². The molecule has 0 spiro atoms. The number of ether oxygens (including phenoxy) is 1. The van der Waals surface area contributed by atoms with Crippen molar-refractivity contribution < 1.29 is 14.3 Å². The first kappa shape index (κ1) is 22.3. The summed E-state index contributed by atoms with van der Waals surface area (Å²) in [6.07, 6.45) is 4.35. The molecule has 1 atom stereocenters. The summed E-state index contributed by atoms with van der Waals surface area (Å²) in [5, 5.41) is 3.01. The van der Waals surface area contributed by atoms with Gasteiger partial charge >= 0.3 is 0 Å². The number of hydrogen-bond donors (Lipinski definition) is 1. The molecule has 0 saturated carbocycles. The Labute approximate surface area is 184 Å². The smallest absolute Gasteiger partial charge is 0.255 e. The van der Waals surface area contributed by atoms with Crippen LogP contribution in [0.4, 0.5) is 5.69 Å². The summed E-state index contributed by atoms with van der Waals surface area (Å²) in [6.45, 7) is 6.34. The number of rotatable bonds is 6. The molecule has 0 aromatic heterocycles. The largest absolute Gasteiger partial charge is 0.493 e. The van der Waals surface area contributed by atoms with Crippen LogP contribution in [0, 0.1) is 0 Å². The van der Waals surface area contributed by atoms with Gasteiger partial charge in [-0.2, -0.15) is 0 Å². The summed E-state index contributed by atoms with van der Waals surface area (Å²) in [4.78, 5) is 27.4. The molecule has 1 saturated heterocycles. The van der Waals surface area contributed by atoms with E-state index < -0.39 is 0 Å². The third-order valence-electron chi connectivity index (χ3n) is 5.88. The standard InChI is InChI=1S/C24H28N2O3.ClH/c1-3-13-29-23-9-7-18(14-20(23)16(2)27)24(28)25-19-8-6-17-10-12-26-11-4-5-22(26)21(17)15-19;/h6-9,14-15,22H,3-5,10-13H2,1-2H3,(H,25,28);1H. The zero-order valence-corrected chi connectivity index (χ0v) is 18.4. The molecule has 160 valence electrons. The highest BCUT2D eigenvalue weighted by Gasteiger charge is 2.31. The van der Waals surface area contributed by atoms with Crippen LogP contribution >= 0.6 is 12.4 Å². The van der Waals surface area contributed by atoms with E-state index in [1.807, 2.05) is 13.0 Å². The number of hydrogen-bond acceptors (Lipinski definition) is 4. The van der Waals surface area contributed by atoms with Crippen LogP contribution in [0.1, 0.15) is 71.0 Å². The molecular formula is C24H29ClN2O3. The molecule has 1 N–H and O–H groups in total. The van der Waals surface area contributed by atoms with E-state index in [9.17, 15) is 9.59 Å². The molecule has 2 aromatic carbocycles. The SMILES string of the molecule is CCCOc1ccc(C(=O)Nc2ccc3c(c2)C2CCCN2CC3)cc1C(C)=O.Cl. The number of anilines is 1. The van der Waals surface area contributed by atoms with Gasteiger partial charge in [0, 0.05) is 23.8 Å². The van der Waals surface area contributed by atoms with E-state index >= 15 is 0 Å². The molecule has 2 heterocycles. The van der Waals surface area contributed by atoms with Crippen LogP contribution in [0.15, 0.2) is 36.4 Å². The Morgan fingerprint density at radius 3 is 2.77 bits per heavy atom. The van der Waals surface area contributed by atoms with E-state index in [-0.39, 0.29) is 24.1 Å². The Hall–Kier alpha value is -2.37. The molecule has 0 radical (unpaired) electrons. The molecule has 5 nitrogen and oxygen atoms in total. The van der Waals surface area contributed by atoms with Crippen molar-refractivity contribution in [3.8, 4) is 5.75 Å². The van der Waals surface area contributed by atoms with Crippen molar-refractivity contribution in [3.63, 3.8) is 0 Å². The first-order valence-electron chi connectivity index (χ1n) is 10.5. The Morgan fingerprint density at radius 2 is 2.00 bits per heavy atom. The highest BCUT2D eigenvalue weighted by atomic mass is 35.5. The van der Waals surface area contributed by atoms with Crippen LogP contribution in [0.2, 0.25) is 0 Å². The highest BCUT2D eigenvalue weighted by molar-refractivity contribution is 6.07. The number of halogens is 1. The molecule has 1 unspecified atom stereocenters. The topological polar surface area (TPSA) is 58.6 Å². The number of nitrogens with zero attached hydrogens (tertiary/aromatic N) is 1. The lowest BCUT2D eigenvalue weighted by Crippen LogP contribution is -2.31. The fraction of sp³-hybridized carbons (Fsp3) is 0.417. The predicted molar refractivity (Wildman–Crippen MR) is 121 cm³/mol. The number of fused-ring (bicyclic) bond motifs is 3. The summed E-state index contributed by atoms with van der Waals surface area (Å²) >= 11 is 0. The average molecular weight is 429 g/mol. The summed E-state index contributed by atoms with van der Waals surface area (Å²) < 4.78 is 5.65. The molecule has 0 aliphatic carbocycles. The van der Waals surface area contributed by atoms with Gasteiger partial charge < -0.3 is 10.1 Å². The molecule has 2 aliphatic rings. The van der Waals surface area contributed by atoms with Crippen molar-refractivity contribution >= 4 is 29.8 Å². The fourth-order valence-electron chi connectivity index (χ4n) is 4.41. The lowest BCUT2D eigenvalue weighted by atomic mass is 9.92. The number of nitrogens with one attached hydrogen (secondary N) is 1. The van der Waals surface area contributed by atoms with Gasteiger partial charge in [-0.05, 0) is 80.6 Å². The van der Waals surface area contributed by atoms with Crippen LogP contribution in [0.25, 0.3) is 0 Å². The lowest BCUT2D eigenvalue weighted by molar-refractivity contribution is 0.101.